The number of hydrogen-bond acceptors (Lipinski definition) is 6. The van der Waals surface area contributed by atoms with Crippen LogP contribution < -0.4 is 10.3 Å². The zero-order valence-corrected chi connectivity index (χ0v) is 10.1. The Morgan fingerprint density at radius 1 is 1.28 bits per heavy atom. The lowest BCUT2D eigenvalue weighted by Crippen LogP contribution is -2.21. The molecular formula is C8H11N3O6S. The molecular weight excluding hydrogens is 266 g/mol. The number of carbonyl (C=O) groups excluding carboxylic acids is 1. The minimum absolute atomic E-state index is 0.0485. The van der Waals surface area contributed by atoms with Crippen molar-refractivity contribution in [1.82, 2.24) is 0 Å². The summed E-state index contributed by atoms with van der Waals surface area (Å²) in [4.78, 5) is 20.6. The van der Waals surface area contributed by atoms with Crippen LogP contribution in [0.2, 0.25) is 0 Å². The van der Waals surface area contributed by atoms with E-state index in [9.17, 15) is 23.3 Å². The fourth-order valence-corrected chi connectivity index (χ4v) is 0.837. The topological polar surface area (TPSA) is 156 Å². The van der Waals surface area contributed by atoms with E-state index in [-0.39, 0.29) is 5.69 Å². The van der Waals surface area contributed by atoms with Crippen molar-refractivity contribution in [3.8, 4) is 0 Å². The number of rotatable bonds is 2. The molecule has 0 radical (unpaired) electrons. The molecule has 0 atom stereocenters. The summed E-state index contributed by atoms with van der Waals surface area (Å²) in [6.07, 6.45) is 0. The highest BCUT2D eigenvalue weighted by Crippen LogP contribution is 2.12. The number of benzene rings is 1. The molecule has 1 aromatic carbocycles. The average Bonchev–Trinajstić information content (AvgIpc) is 2.26. The summed E-state index contributed by atoms with van der Waals surface area (Å²) < 4.78 is 22.8. The number of carbonyl (C=O) groups is 1. The van der Waals surface area contributed by atoms with Crippen molar-refractivity contribution in [2.24, 2.45) is 10.3 Å². The van der Waals surface area contributed by atoms with Gasteiger partial charge in [-0.05, 0) is 12.1 Å². The van der Waals surface area contributed by atoms with Crippen molar-refractivity contribution in [3.05, 3.63) is 39.9 Å². The van der Waals surface area contributed by atoms with E-state index in [0.717, 1.165) is 0 Å². The smallest absolute Gasteiger partial charge is 0.337 e. The highest BCUT2D eigenvalue weighted by molar-refractivity contribution is 7.86. The molecule has 0 aliphatic rings. The lowest BCUT2D eigenvalue weighted by atomic mass is 10.2. The second-order valence-electron chi connectivity index (χ2n) is 2.88. The maximum atomic E-state index is 10.9. The summed E-state index contributed by atoms with van der Waals surface area (Å²) in [6.45, 7) is 0. The third kappa shape index (κ3) is 7.27. The van der Waals surface area contributed by atoms with Crippen LogP contribution in [0.4, 0.5) is 5.69 Å². The van der Waals surface area contributed by atoms with Gasteiger partial charge in [0.05, 0.1) is 17.6 Å². The van der Waals surface area contributed by atoms with E-state index in [4.69, 9.17) is 0 Å². The predicted octanol–water partition coefficient (Wildman–Crippen LogP) is -0.470. The molecule has 0 aliphatic heterocycles. The Morgan fingerprint density at radius 3 is 1.94 bits per heavy atom. The molecule has 10 heteroatoms. The number of methoxy groups -OCH3 is 1. The predicted molar refractivity (Wildman–Crippen MR) is 61.7 cm³/mol. The van der Waals surface area contributed by atoms with Crippen LogP contribution in [-0.2, 0) is 14.9 Å². The van der Waals surface area contributed by atoms with Crippen molar-refractivity contribution in [2.75, 3.05) is 7.11 Å². The van der Waals surface area contributed by atoms with Crippen LogP contribution in [0.15, 0.2) is 24.3 Å². The molecule has 4 N–H and O–H groups in total. The fraction of sp³-hybridized carbons (Fsp3) is 0.125. The Hall–Kier alpha value is -2.04. The Balaban J connectivity index is 0.000000494. The first-order chi connectivity index (χ1) is 8.15. The van der Waals surface area contributed by atoms with Crippen LogP contribution in [0.1, 0.15) is 10.4 Å². The molecule has 0 saturated heterocycles. The van der Waals surface area contributed by atoms with E-state index in [1.54, 1.807) is 0 Å². The van der Waals surface area contributed by atoms with Gasteiger partial charge in [0.15, 0.2) is 0 Å². The molecule has 0 bridgehead atoms. The van der Waals surface area contributed by atoms with E-state index in [2.05, 4.69) is 15.0 Å². The molecule has 0 unspecified atom stereocenters. The Labute approximate surface area is 103 Å². The molecule has 0 saturated carbocycles. The minimum Gasteiger partial charge on any atom is -0.465 e. The number of non-ortho nitro benzene ring substituents is 1. The molecule has 100 valence electrons. The zero-order chi connectivity index (χ0) is 14.3. The molecule has 0 aromatic heterocycles. The van der Waals surface area contributed by atoms with Gasteiger partial charge in [-0.25, -0.2) is 15.1 Å². The van der Waals surface area contributed by atoms with E-state index >= 15 is 0 Å². The van der Waals surface area contributed by atoms with Gasteiger partial charge in [-0.2, -0.15) is 8.42 Å². The largest absolute Gasteiger partial charge is 0.465 e. The van der Waals surface area contributed by atoms with Crippen LogP contribution in [0, 0.1) is 10.1 Å². The quantitative estimate of drug-likeness (QED) is 0.422. The Morgan fingerprint density at radius 2 is 1.67 bits per heavy atom. The first kappa shape index (κ1) is 16.0. The van der Waals surface area contributed by atoms with Gasteiger partial charge in [0, 0.05) is 12.1 Å². The number of hydrogen-bond donors (Lipinski definition) is 2. The summed E-state index contributed by atoms with van der Waals surface area (Å²) in [5.74, 6) is -0.505. The molecule has 1 aromatic rings. The summed E-state index contributed by atoms with van der Waals surface area (Å²) in [7, 11) is -2.41. The van der Waals surface area contributed by atoms with Gasteiger partial charge in [-0.3, -0.25) is 10.1 Å². The molecule has 0 spiro atoms. The number of nitrogens with two attached hydrogens (primary N) is 2. The molecule has 0 heterocycles. The molecule has 0 amide bonds. The van der Waals surface area contributed by atoms with Crippen molar-refractivity contribution in [1.29, 1.82) is 0 Å². The summed E-state index contributed by atoms with van der Waals surface area (Å²) in [5.41, 5.74) is 0.251. The Bertz CT molecular complexity index is 516. The normalized spacial score (nSPS) is 9.94. The van der Waals surface area contributed by atoms with Gasteiger partial charge in [-0.15, -0.1) is 0 Å². The number of ether oxygens (including phenoxy) is 1. The van der Waals surface area contributed by atoms with E-state index in [1.807, 2.05) is 0 Å². The first-order valence-corrected chi connectivity index (χ1v) is 5.89. The van der Waals surface area contributed by atoms with Crippen molar-refractivity contribution in [2.45, 2.75) is 0 Å². The van der Waals surface area contributed by atoms with Gasteiger partial charge in [0.2, 0.25) is 0 Å². The second kappa shape index (κ2) is 6.64. The van der Waals surface area contributed by atoms with Gasteiger partial charge < -0.3 is 4.74 Å². The highest BCUT2D eigenvalue weighted by atomic mass is 32.2. The summed E-state index contributed by atoms with van der Waals surface area (Å²) in [6, 6.07) is 5.21. The fourth-order valence-electron chi connectivity index (χ4n) is 0.837. The second-order valence-corrected chi connectivity index (χ2v) is 4.06. The standard InChI is InChI=1S/C8H7NO4.H4N2O2S/c1-13-8(10)6-2-4-7(5-3-6)9(11)12;1-5(2,3)4/h2-5H,1H3;(H4,1,2,3,4). The van der Waals surface area contributed by atoms with Gasteiger partial charge in [0.1, 0.15) is 0 Å². The average molecular weight is 277 g/mol. The SMILES string of the molecule is COC(=O)c1ccc([N+](=O)[O-])cc1.NS(N)(=O)=O. The van der Waals surface area contributed by atoms with E-state index in [1.165, 1.54) is 31.4 Å². The third-order valence-electron chi connectivity index (χ3n) is 1.50. The molecule has 18 heavy (non-hydrogen) atoms. The maximum Gasteiger partial charge on any atom is 0.337 e. The van der Waals surface area contributed by atoms with Crippen molar-refractivity contribution < 1.29 is 22.9 Å². The van der Waals surface area contributed by atoms with E-state index < -0.39 is 21.1 Å². The molecule has 9 nitrogen and oxygen atoms in total. The number of nitro benzene ring substituents is 1. The lowest BCUT2D eigenvalue weighted by Gasteiger charge is -1.97. The monoisotopic (exact) mass is 277 g/mol. The summed E-state index contributed by atoms with van der Waals surface area (Å²) >= 11 is 0. The zero-order valence-electron chi connectivity index (χ0n) is 9.27. The molecule has 0 aliphatic carbocycles. The number of nitrogens with zero attached hydrogens (tertiary/aromatic N) is 1. The first-order valence-electron chi connectivity index (χ1n) is 4.28. The minimum atomic E-state index is -3.67. The Kier molecular flexibility index (Phi) is 5.88. The summed E-state index contributed by atoms with van der Waals surface area (Å²) in [5, 5.41) is 18.4. The molecule has 1 rings (SSSR count). The lowest BCUT2D eigenvalue weighted by molar-refractivity contribution is -0.384. The van der Waals surface area contributed by atoms with Crippen LogP contribution in [0.25, 0.3) is 0 Å². The van der Waals surface area contributed by atoms with Gasteiger partial charge in [-0.1, -0.05) is 0 Å². The number of esters is 1. The highest BCUT2D eigenvalue weighted by Gasteiger charge is 2.08. The van der Waals surface area contributed by atoms with Crippen molar-refractivity contribution >= 4 is 21.9 Å². The van der Waals surface area contributed by atoms with Gasteiger partial charge >= 0.3 is 5.97 Å². The van der Waals surface area contributed by atoms with Crippen LogP contribution >= 0.6 is 0 Å². The molecule has 0 fully saturated rings. The third-order valence-corrected chi connectivity index (χ3v) is 1.50. The number of nitro groups is 1. The van der Waals surface area contributed by atoms with Crippen LogP contribution in [0.3, 0.4) is 0 Å². The van der Waals surface area contributed by atoms with Crippen LogP contribution in [0.5, 0.6) is 0 Å². The van der Waals surface area contributed by atoms with Crippen molar-refractivity contribution in [3.63, 3.8) is 0 Å². The maximum absolute atomic E-state index is 10.9. The van der Waals surface area contributed by atoms with Gasteiger partial charge in [0.25, 0.3) is 15.9 Å². The van der Waals surface area contributed by atoms with Crippen LogP contribution in [-0.4, -0.2) is 26.4 Å². The van der Waals surface area contributed by atoms with E-state index in [0.29, 0.717) is 5.56 Å².